The molecule has 0 saturated carbocycles. The fraction of sp³-hybridized carbons (Fsp3) is 0.833. The van der Waals surface area contributed by atoms with Crippen LogP contribution in [0.4, 0.5) is 4.79 Å². The van der Waals surface area contributed by atoms with Gasteiger partial charge in [-0.25, -0.2) is 4.79 Å². The highest BCUT2D eigenvalue weighted by Crippen LogP contribution is 2.14. The van der Waals surface area contributed by atoms with Crippen LogP contribution in [0, 0.1) is 0 Å². The SMILES string of the molecule is CCC(C)(C)NC(=O)N1CCOCC1CC(=O)O. The number of carboxylic acid groups (broad SMARTS) is 1. The van der Waals surface area contributed by atoms with E-state index in [2.05, 4.69) is 5.32 Å². The first kappa shape index (κ1) is 14.8. The third-order valence-electron chi connectivity index (χ3n) is 3.23. The quantitative estimate of drug-likeness (QED) is 0.790. The molecule has 0 aromatic carbocycles. The molecule has 1 aliphatic rings. The maximum Gasteiger partial charge on any atom is 0.318 e. The first-order chi connectivity index (χ1) is 8.35. The smallest absolute Gasteiger partial charge is 0.318 e. The van der Waals surface area contributed by atoms with Crippen LogP contribution in [0.25, 0.3) is 0 Å². The Hall–Kier alpha value is -1.30. The van der Waals surface area contributed by atoms with Gasteiger partial charge in [-0.3, -0.25) is 4.79 Å². The molecular weight excluding hydrogens is 236 g/mol. The number of aliphatic carboxylic acids is 1. The van der Waals surface area contributed by atoms with Gasteiger partial charge in [0.25, 0.3) is 0 Å². The molecule has 0 aliphatic carbocycles. The predicted octanol–water partition coefficient (Wildman–Crippen LogP) is 1.06. The molecule has 1 rings (SSSR count). The van der Waals surface area contributed by atoms with Gasteiger partial charge in [0.2, 0.25) is 0 Å². The molecule has 1 heterocycles. The van der Waals surface area contributed by atoms with Crippen LogP contribution in [0.1, 0.15) is 33.6 Å². The average Bonchev–Trinajstić information content (AvgIpc) is 2.28. The summed E-state index contributed by atoms with van der Waals surface area (Å²) in [6.45, 7) is 7.05. The highest BCUT2D eigenvalue weighted by Gasteiger charge is 2.31. The minimum absolute atomic E-state index is 0.0834. The maximum atomic E-state index is 12.1. The van der Waals surface area contributed by atoms with Gasteiger partial charge < -0.3 is 20.1 Å². The number of nitrogens with zero attached hydrogens (tertiary/aromatic N) is 1. The molecule has 1 atom stereocenters. The Morgan fingerprint density at radius 3 is 2.72 bits per heavy atom. The van der Waals surface area contributed by atoms with E-state index in [1.807, 2.05) is 20.8 Å². The van der Waals surface area contributed by atoms with E-state index in [9.17, 15) is 9.59 Å². The van der Waals surface area contributed by atoms with Crippen molar-refractivity contribution >= 4 is 12.0 Å². The van der Waals surface area contributed by atoms with Crippen molar-refractivity contribution in [3.05, 3.63) is 0 Å². The predicted molar refractivity (Wildman–Crippen MR) is 66.5 cm³/mol. The molecule has 6 heteroatoms. The Morgan fingerprint density at radius 1 is 1.50 bits per heavy atom. The van der Waals surface area contributed by atoms with Gasteiger partial charge in [0, 0.05) is 12.1 Å². The number of carbonyl (C=O) groups excluding carboxylic acids is 1. The topological polar surface area (TPSA) is 78.9 Å². The summed E-state index contributed by atoms with van der Waals surface area (Å²) in [5.74, 6) is -0.918. The Morgan fingerprint density at radius 2 is 2.17 bits per heavy atom. The van der Waals surface area contributed by atoms with Gasteiger partial charge in [-0.2, -0.15) is 0 Å². The molecule has 1 fully saturated rings. The Kier molecular flexibility index (Phi) is 4.95. The van der Waals surface area contributed by atoms with Gasteiger partial charge in [0.15, 0.2) is 0 Å². The van der Waals surface area contributed by atoms with Gasteiger partial charge >= 0.3 is 12.0 Å². The molecule has 1 unspecified atom stereocenters. The highest BCUT2D eigenvalue weighted by atomic mass is 16.5. The van der Waals surface area contributed by atoms with Crippen molar-refractivity contribution in [3.63, 3.8) is 0 Å². The molecule has 0 aromatic rings. The van der Waals surface area contributed by atoms with E-state index in [1.54, 1.807) is 4.90 Å². The van der Waals surface area contributed by atoms with Gasteiger partial charge in [-0.05, 0) is 20.3 Å². The molecule has 0 radical (unpaired) electrons. The van der Waals surface area contributed by atoms with Crippen molar-refractivity contribution < 1.29 is 19.4 Å². The molecule has 104 valence electrons. The molecule has 1 aliphatic heterocycles. The second kappa shape index (κ2) is 6.04. The van der Waals surface area contributed by atoms with E-state index in [-0.39, 0.29) is 30.6 Å². The second-order valence-corrected chi connectivity index (χ2v) is 5.19. The molecular formula is C12H22N2O4. The molecule has 6 nitrogen and oxygen atoms in total. The lowest BCUT2D eigenvalue weighted by Crippen LogP contribution is -2.57. The highest BCUT2D eigenvalue weighted by molar-refractivity contribution is 5.76. The summed E-state index contributed by atoms with van der Waals surface area (Å²) in [5, 5.41) is 11.7. The van der Waals surface area contributed by atoms with Gasteiger partial charge in [-0.1, -0.05) is 6.92 Å². The summed E-state index contributed by atoms with van der Waals surface area (Å²) in [5.41, 5.74) is -0.289. The molecule has 2 amide bonds. The maximum absolute atomic E-state index is 12.1. The summed E-state index contributed by atoms with van der Waals surface area (Å²) in [7, 11) is 0. The minimum Gasteiger partial charge on any atom is -0.481 e. The molecule has 0 spiro atoms. The van der Waals surface area contributed by atoms with Gasteiger partial charge in [-0.15, -0.1) is 0 Å². The summed E-state index contributed by atoms with van der Waals surface area (Å²) in [4.78, 5) is 24.5. The number of carbonyl (C=O) groups is 2. The van der Waals surface area contributed by atoms with E-state index >= 15 is 0 Å². The molecule has 1 saturated heterocycles. The lowest BCUT2D eigenvalue weighted by atomic mass is 10.0. The zero-order valence-corrected chi connectivity index (χ0v) is 11.2. The van der Waals surface area contributed by atoms with Crippen molar-refractivity contribution in [1.29, 1.82) is 0 Å². The fourth-order valence-electron chi connectivity index (χ4n) is 1.74. The first-order valence-electron chi connectivity index (χ1n) is 6.24. The second-order valence-electron chi connectivity index (χ2n) is 5.19. The third-order valence-corrected chi connectivity index (χ3v) is 3.23. The Labute approximate surface area is 107 Å². The first-order valence-corrected chi connectivity index (χ1v) is 6.24. The van der Waals surface area contributed by atoms with Crippen LogP contribution in [-0.2, 0) is 9.53 Å². The standard InChI is InChI=1S/C12H22N2O4/c1-4-12(2,3)13-11(17)14-5-6-18-8-9(14)7-10(15)16/h9H,4-8H2,1-3H3,(H,13,17)(H,15,16). The number of rotatable bonds is 4. The van der Waals surface area contributed by atoms with Crippen molar-refractivity contribution in [2.45, 2.75) is 45.2 Å². The number of amides is 2. The zero-order chi connectivity index (χ0) is 13.8. The van der Waals surface area contributed by atoms with Gasteiger partial charge in [0.1, 0.15) is 0 Å². The number of ether oxygens (including phenoxy) is 1. The molecule has 0 bridgehead atoms. The summed E-state index contributed by atoms with van der Waals surface area (Å²) < 4.78 is 5.23. The number of morpholine rings is 1. The van der Waals surface area contributed by atoms with Gasteiger partial charge in [0.05, 0.1) is 25.7 Å². The van der Waals surface area contributed by atoms with E-state index in [0.717, 1.165) is 6.42 Å². The lowest BCUT2D eigenvalue weighted by Gasteiger charge is -2.37. The van der Waals surface area contributed by atoms with Crippen LogP contribution < -0.4 is 5.32 Å². The van der Waals surface area contributed by atoms with Crippen LogP contribution in [0.2, 0.25) is 0 Å². The lowest BCUT2D eigenvalue weighted by molar-refractivity contribution is -0.139. The van der Waals surface area contributed by atoms with Crippen LogP contribution in [0.15, 0.2) is 0 Å². The van der Waals surface area contributed by atoms with Crippen LogP contribution >= 0.6 is 0 Å². The summed E-state index contributed by atoms with van der Waals surface area (Å²) in [6, 6.07) is -0.597. The van der Waals surface area contributed by atoms with E-state index in [1.165, 1.54) is 0 Å². The number of nitrogens with one attached hydrogen (secondary N) is 1. The summed E-state index contributed by atoms with van der Waals surface area (Å²) >= 11 is 0. The number of urea groups is 1. The fourth-order valence-corrected chi connectivity index (χ4v) is 1.74. The Balaban J connectivity index is 2.65. The average molecular weight is 258 g/mol. The van der Waals surface area contributed by atoms with E-state index in [0.29, 0.717) is 13.2 Å². The van der Waals surface area contributed by atoms with E-state index < -0.39 is 5.97 Å². The molecule has 0 aromatic heterocycles. The Bertz CT molecular complexity index is 317. The molecule has 2 N–H and O–H groups in total. The minimum atomic E-state index is -0.918. The number of carboxylic acids is 1. The third kappa shape index (κ3) is 4.18. The summed E-state index contributed by atoms with van der Waals surface area (Å²) in [6.07, 6.45) is 0.729. The number of hydrogen-bond acceptors (Lipinski definition) is 3. The normalized spacial score (nSPS) is 20.6. The van der Waals surface area contributed by atoms with Crippen molar-refractivity contribution in [3.8, 4) is 0 Å². The largest absolute Gasteiger partial charge is 0.481 e. The van der Waals surface area contributed by atoms with Crippen LogP contribution in [0.3, 0.4) is 0 Å². The van der Waals surface area contributed by atoms with Crippen LogP contribution in [-0.4, -0.2) is 53.3 Å². The number of hydrogen-bond donors (Lipinski definition) is 2. The monoisotopic (exact) mass is 258 g/mol. The van der Waals surface area contributed by atoms with Crippen molar-refractivity contribution in [1.82, 2.24) is 10.2 Å². The molecule has 18 heavy (non-hydrogen) atoms. The van der Waals surface area contributed by atoms with Crippen LogP contribution in [0.5, 0.6) is 0 Å². The van der Waals surface area contributed by atoms with E-state index in [4.69, 9.17) is 9.84 Å². The zero-order valence-electron chi connectivity index (χ0n) is 11.2. The van der Waals surface area contributed by atoms with Crippen molar-refractivity contribution in [2.75, 3.05) is 19.8 Å². The van der Waals surface area contributed by atoms with Crippen molar-refractivity contribution in [2.24, 2.45) is 0 Å².